The van der Waals surface area contributed by atoms with Crippen molar-refractivity contribution < 1.29 is 22.7 Å². The molecule has 0 unspecified atom stereocenters. The Morgan fingerprint density at radius 2 is 1.85 bits per heavy atom. The topological polar surface area (TPSA) is 95.5 Å². The Hall–Kier alpha value is -2.45. The summed E-state index contributed by atoms with van der Waals surface area (Å²) in [5.41, 5.74) is 1.21. The van der Waals surface area contributed by atoms with Gasteiger partial charge < -0.3 is 10.4 Å². The first-order valence-electron chi connectivity index (χ1n) is 8.42. The van der Waals surface area contributed by atoms with Gasteiger partial charge in [0.1, 0.15) is 5.82 Å². The highest BCUT2D eigenvalue weighted by molar-refractivity contribution is 7.92. The summed E-state index contributed by atoms with van der Waals surface area (Å²) in [6.07, 6.45) is 1.40. The van der Waals surface area contributed by atoms with Crippen LogP contribution in [0.25, 0.3) is 0 Å². The van der Waals surface area contributed by atoms with Crippen LogP contribution >= 0.6 is 0 Å². The molecule has 0 saturated carbocycles. The van der Waals surface area contributed by atoms with E-state index < -0.39 is 27.8 Å². The normalized spacial score (nSPS) is 13.6. The molecule has 2 aromatic carbocycles. The van der Waals surface area contributed by atoms with Crippen LogP contribution in [0.4, 0.5) is 10.1 Å². The highest BCUT2D eigenvalue weighted by Gasteiger charge is 2.20. The van der Waals surface area contributed by atoms with Gasteiger partial charge in [0.05, 0.1) is 30.5 Å². The first kappa shape index (κ1) is 20.9. The van der Waals surface area contributed by atoms with Crippen LogP contribution in [0.1, 0.15) is 24.0 Å². The Kier molecular flexibility index (Phi) is 6.92. The molecule has 3 N–H and O–H groups in total. The number of anilines is 1. The smallest absolute Gasteiger partial charge is 0.229 e. The minimum atomic E-state index is -3.60. The summed E-state index contributed by atoms with van der Waals surface area (Å²) in [4.78, 5) is 12.5. The Bertz CT molecular complexity index is 888. The van der Waals surface area contributed by atoms with Crippen LogP contribution in [0, 0.1) is 5.82 Å². The molecule has 6 nitrogen and oxygen atoms in total. The second-order valence-electron chi connectivity index (χ2n) is 6.41. The summed E-state index contributed by atoms with van der Waals surface area (Å²) in [7, 11) is -3.60. The first-order valence-corrected chi connectivity index (χ1v) is 10.3. The van der Waals surface area contributed by atoms with E-state index in [0.29, 0.717) is 12.0 Å². The molecule has 0 aromatic heterocycles. The lowest BCUT2D eigenvalue weighted by Gasteiger charge is -2.20. The van der Waals surface area contributed by atoms with Crippen molar-refractivity contribution in [2.45, 2.75) is 25.3 Å². The van der Waals surface area contributed by atoms with Gasteiger partial charge in [-0.2, -0.15) is 0 Å². The average Bonchev–Trinajstić information content (AvgIpc) is 2.62. The first-order chi connectivity index (χ1) is 12.7. The number of halogens is 1. The standard InChI is InChI=1S/C19H23FN2O4S/c1-13(15-8-9-18(17(20)11-15)22-27(2,25)26)19(24)21-16(12-23)10-14-6-4-3-5-7-14/h3-9,11,13,16,22-23H,10,12H2,1-2H3,(H,21,24)/t13-,16+/m1/s1. The van der Waals surface area contributed by atoms with Crippen molar-refractivity contribution in [3.05, 3.63) is 65.5 Å². The second-order valence-corrected chi connectivity index (χ2v) is 8.16. The zero-order valence-corrected chi connectivity index (χ0v) is 16.0. The van der Waals surface area contributed by atoms with Crippen molar-refractivity contribution in [1.29, 1.82) is 0 Å². The van der Waals surface area contributed by atoms with Gasteiger partial charge in [0.25, 0.3) is 0 Å². The molecule has 0 radical (unpaired) electrons. The van der Waals surface area contributed by atoms with Crippen molar-refractivity contribution in [3.63, 3.8) is 0 Å². The fourth-order valence-electron chi connectivity index (χ4n) is 2.62. The van der Waals surface area contributed by atoms with Crippen LogP contribution in [0.3, 0.4) is 0 Å². The molecule has 2 rings (SSSR count). The van der Waals surface area contributed by atoms with Gasteiger partial charge in [0.15, 0.2) is 0 Å². The van der Waals surface area contributed by atoms with Crippen LogP contribution < -0.4 is 10.0 Å². The maximum Gasteiger partial charge on any atom is 0.229 e. The SMILES string of the molecule is C[C@@H](C(=O)N[C@H](CO)Cc1ccccc1)c1ccc(NS(C)(=O)=O)c(F)c1. The van der Waals surface area contributed by atoms with Crippen molar-refractivity contribution in [2.75, 3.05) is 17.6 Å². The number of rotatable bonds is 8. The molecule has 0 saturated heterocycles. The number of carbonyl (C=O) groups excluding carboxylic acids is 1. The van der Waals surface area contributed by atoms with E-state index in [1.165, 1.54) is 12.1 Å². The molecule has 0 aliphatic rings. The van der Waals surface area contributed by atoms with Crippen molar-refractivity contribution >= 4 is 21.6 Å². The largest absolute Gasteiger partial charge is 0.394 e. The molecule has 0 fully saturated rings. The lowest BCUT2D eigenvalue weighted by Crippen LogP contribution is -2.41. The Morgan fingerprint density at radius 3 is 2.41 bits per heavy atom. The highest BCUT2D eigenvalue weighted by Crippen LogP contribution is 2.22. The van der Waals surface area contributed by atoms with Crippen molar-refractivity contribution in [1.82, 2.24) is 5.32 Å². The number of hydrogen-bond acceptors (Lipinski definition) is 4. The number of hydrogen-bond donors (Lipinski definition) is 3. The van der Waals surface area contributed by atoms with Crippen LogP contribution in [0.2, 0.25) is 0 Å². The summed E-state index contributed by atoms with van der Waals surface area (Å²) < 4.78 is 38.6. The van der Waals surface area contributed by atoms with Gasteiger partial charge in [-0.3, -0.25) is 9.52 Å². The van der Waals surface area contributed by atoms with Crippen LogP contribution in [-0.2, 0) is 21.2 Å². The molecule has 146 valence electrons. The second kappa shape index (κ2) is 8.96. The summed E-state index contributed by atoms with van der Waals surface area (Å²) in [5, 5.41) is 12.3. The van der Waals surface area contributed by atoms with Gasteiger partial charge in [0, 0.05) is 0 Å². The zero-order valence-electron chi connectivity index (χ0n) is 15.1. The van der Waals surface area contributed by atoms with E-state index in [1.807, 2.05) is 30.3 Å². The van der Waals surface area contributed by atoms with E-state index in [9.17, 15) is 22.7 Å². The third-order valence-corrected chi connectivity index (χ3v) is 4.66. The minimum absolute atomic E-state index is 0.175. The number of amides is 1. The number of aliphatic hydroxyl groups is 1. The Labute approximate surface area is 158 Å². The van der Waals surface area contributed by atoms with Gasteiger partial charge in [-0.15, -0.1) is 0 Å². The minimum Gasteiger partial charge on any atom is -0.394 e. The number of benzene rings is 2. The molecule has 0 spiro atoms. The molecule has 2 aromatic rings. The van der Waals surface area contributed by atoms with E-state index in [4.69, 9.17) is 0 Å². The number of carbonyl (C=O) groups is 1. The third kappa shape index (κ3) is 6.33. The van der Waals surface area contributed by atoms with E-state index >= 15 is 0 Å². The van der Waals surface area contributed by atoms with E-state index in [2.05, 4.69) is 10.0 Å². The predicted molar refractivity (Wildman–Crippen MR) is 102 cm³/mol. The van der Waals surface area contributed by atoms with Gasteiger partial charge in [-0.25, -0.2) is 12.8 Å². The monoisotopic (exact) mass is 394 g/mol. The lowest BCUT2D eigenvalue weighted by atomic mass is 9.98. The summed E-state index contributed by atoms with van der Waals surface area (Å²) in [6.45, 7) is 1.39. The quantitative estimate of drug-likeness (QED) is 0.638. The zero-order chi connectivity index (χ0) is 20.0. The maximum atomic E-state index is 14.1. The van der Waals surface area contributed by atoms with E-state index in [1.54, 1.807) is 6.92 Å². The molecule has 2 atom stereocenters. The maximum absolute atomic E-state index is 14.1. The molecule has 27 heavy (non-hydrogen) atoms. The van der Waals surface area contributed by atoms with Gasteiger partial charge in [-0.1, -0.05) is 36.4 Å². The summed E-state index contributed by atoms with van der Waals surface area (Å²) in [5.74, 6) is -1.79. The Balaban J connectivity index is 2.06. The lowest BCUT2D eigenvalue weighted by molar-refractivity contribution is -0.123. The molecular formula is C19H23FN2O4S. The molecule has 0 aliphatic heterocycles. The molecule has 0 bridgehead atoms. The average molecular weight is 394 g/mol. The number of aliphatic hydroxyl groups excluding tert-OH is 1. The molecule has 0 aliphatic carbocycles. The van der Waals surface area contributed by atoms with Gasteiger partial charge in [0.2, 0.25) is 15.9 Å². The molecule has 0 heterocycles. The summed E-state index contributed by atoms with van der Waals surface area (Å²) in [6, 6.07) is 12.9. The molecule has 8 heteroatoms. The predicted octanol–water partition coefficient (Wildman–Crippen LogP) is 2.02. The number of sulfonamides is 1. The van der Waals surface area contributed by atoms with Crippen LogP contribution in [0.5, 0.6) is 0 Å². The Morgan fingerprint density at radius 1 is 1.19 bits per heavy atom. The van der Waals surface area contributed by atoms with E-state index in [0.717, 1.165) is 17.9 Å². The van der Waals surface area contributed by atoms with Crippen LogP contribution in [0.15, 0.2) is 48.5 Å². The van der Waals surface area contributed by atoms with Crippen LogP contribution in [-0.4, -0.2) is 38.3 Å². The fourth-order valence-corrected chi connectivity index (χ4v) is 3.19. The molecule has 1 amide bonds. The van der Waals surface area contributed by atoms with Crippen molar-refractivity contribution in [3.8, 4) is 0 Å². The number of nitrogens with one attached hydrogen (secondary N) is 2. The van der Waals surface area contributed by atoms with Gasteiger partial charge in [-0.05, 0) is 36.6 Å². The van der Waals surface area contributed by atoms with Gasteiger partial charge >= 0.3 is 0 Å². The van der Waals surface area contributed by atoms with Crippen molar-refractivity contribution in [2.24, 2.45) is 0 Å². The molecular weight excluding hydrogens is 371 g/mol. The highest BCUT2D eigenvalue weighted by atomic mass is 32.2. The third-order valence-electron chi connectivity index (χ3n) is 4.07. The summed E-state index contributed by atoms with van der Waals surface area (Å²) >= 11 is 0. The fraction of sp³-hybridized carbons (Fsp3) is 0.316. The van der Waals surface area contributed by atoms with E-state index in [-0.39, 0.29) is 18.2 Å².